The summed E-state index contributed by atoms with van der Waals surface area (Å²) >= 11 is 0. The molecule has 19 heavy (non-hydrogen) atoms. The fourth-order valence-electron chi connectivity index (χ4n) is 1.55. The zero-order chi connectivity index (χ0) is 14.1. The SMILES string of the molecule is CCC(CC(=O)O)NC(=O)NCCCc1ncn[nH]1. The third-order valence-electron chi connectivity index (χ3n) is 2.59. The topological polar surface area (TPSA) is 120 Å². The van der Waals surface area contributed by atoms with Crippen LogP contribution in [0.2, 0.25) is 0 Å². The predicted octanol–water partition coefficient (Wildman–Crippen LogP) is 0.290. The van der Waals surface area contributed by atoms with E-state index in [0.29, 0.717) is 19.4 Å². The molecule has 0 fully saturated rings. The summed E-state index contributed by atoms with van der Waals surface area (Å²) < 4.78 is 0. The molecule has 4 N–H and O–H groups in total. The number of hydrogen-bond acceptors (Lipinski definition) is 4. The minimum Gasteiger partial charge on any atom is -0.481 e. The Kier molecular flexibility index (Phi) is 6.34. The maximum absolute atomic E-state index is 11.5. The summed E-state index contributed by atoms with van der Waals surface area (Å²) in [4.78, 5) is 26.0. The van der Waals surface area contributed by atoms with Gasteiger partial charge in [-0.15, -0.1) is 0 Å². The number of urea groups is 1. The van der Waals surface area contributed by atoms with Gasteiger partial charge in [0.25, 0.3) is 0 Å². The summed E-state index contributed by atoms with van der Waals surface area (Å²) in [6.45, 7) is 2.33. The minimum atomic E-state index is -0.919. The molecule has 0 bridgehead atoms. The van der Waals surface area contributed by atoms with Gasteiger partial charge in [0.1, 0.15) is 12.2 Å². The van der Waals surface area contributed by atoms with E-state index >= 15 is 0 Å². The maximum atomic E-state index is 11.5. The highest BCUT2D eigenvalue weighted by molar-refractivity contribution is 5.75. The number of carboxylic acid groups (broad SMARTS) is 1. The van der Waals surface area contributed by atoms with E-state index in [1.807, 2.05) is 6.92 Å². The Labute approximate surface area is 111 Å². The molecule has 1 unspecified atom stereocenters. The van der Waals surface area contributed by atoms with Crippen molar-refractivity contribution in [3.05, 3.63) is 12.2 Å². The number of nitrogens with zero attached hydrogens (tertiary/aromatic N) is 2. The lowest BCUT2D eigenvalue weighted by molar-refractivity contribution is -0.137. The lowest BCUT2D eigenvalue weighted by Crippen LogP contribution is -2.43. The number of aryl methyl sites for hydroxylation is 1. The Morgan fingerprint density at radius 1 is 1.53 bits per heavy atom. The molecule has 1 heterocycles. The van der Waals surface area contributed by atoms with Crippen LogP contribution in [0.25, 0.3) is 0 Å². The van der Waals surface area contributed by atoms with E-state index in [-0.39, 0.29) is 18.5 Å². The molecule has 8 heteroatoms. The number of rotatable bonds is 8. The van der Waals surface area contributed by atoms with Crippen molar-refractivity contribution < 1.29 is 14.7 Å². The number of carbonyl (C=O) groups excluding carboxylic acids is 1. The smallest absolute Gasteiger partial charge is 0.315 e. The lowest BCUT2D eigenvalue weighted by atomic mass is 10.1. The van der Waals surface area contributed by atoms with Gasteiger partial charge in [0.15, 0.2) is 0 Å². The monoisotopic (exact) mass is 269 g/mol. The minimum absolute atomic E-state index is 0.0675. The van der Waals surface area contributed by atoms with Gasteiger partial charge in [-0.05, 0) is 12.8 Å². The van der Waals surface area contributed by atoms with Crippen molar-refractivity contribution in [3.8, 4) is 0 Å². The van der Waals surface area contributed by atoms with Crippen molar-refractivity contribution in [2.75, 3.05) is 6.54 Å². The molecule has 0 aromatic carbocycles. The summed E-state index contributed by atoms with van der Waals surface area (Å²) in [6.07, 6.45) is 3.39. The second-order valence-corrected chi connectivity index (χ2v) is 4.14. The number of hydrogen-bond donors (Lipinski definition) is 4. The lowest BCUT2D eigenvalue weighted by Gasteiger charge is -2.15. The molecule has 106 valence electrons. The highest BCUT2D eigenvalue weighted by atomic mass is 16.4. The molecule has 0 spiro atoms. The van der Waals surface area contributed by atoms with E-state index < -0.39 is 5.97 Å². The van der Waals surface area contributed by atoms with Crippen LogP contribution in [0.3, 0.4) is 0 Å². The van der Waals surface area contributed by atoms with Crippen LogP contribution in [0.5, 0.6) is 0 Å². The summed E-state index contributed by atoms with van der Waals surface area (Å²) in [7, 11) is 0. The molecule has 0 aliphatic rings. The molecule has 8 nitrogen and oxygen atoms in total. The normalized spacial score (nSPS) is 11.8. The number of aromatic amines is 1. The van der Waals surface area contributed by atoms with Crippen molar-refractivity contribution in [1.29, 1.82) is 0 Å². The number of aliphatic carboxylic acids is 1. The van der Waals surface area contributed by atoms with Crippen LogP contribution in [-0.4, -0.2) is 44.9 Å². The van der Waals surface area contributed by atoms with Gasteiger partial charge in [-0.25, -0.2) is 9.78 Å². The fraction of sp³-hybridized carbons (Fsp3) is 0.636. The summed E-state index contributed by atoms with van der Waals surface area (Å²) in [5, 5.41) is 20.4. The first kappa shape index (κ1) is 14.9. The van der Waals surface area contributed by atoms with Gasteiger partial charge in [0.05, 0.1) is 6.42 Å². The average molecular weight is 269 g/mol. The van der Waals surface area contributed by atoms with E-state index in [1.165, 1.54) is 6.33 Å². The van der Waals surface area contributed by atoms with Crippen LogP contribution in [0, 0.1) is 0 Å². The zero-order valence-electron chi connectivity index (χ0n) is 10.8. The van der Waals surface area contributed by atoms with Crippen molar-refractivity contribution in [2.24, 2.45) is 0 Å². The standard InChI is InChI=1S/C11H19N5O3/c1-2-8(6-10(17)18)15-11(19)12-5-3-4-9-13-7-14-16-9/h7-8H,2-6H2,1H3,(H,17,18)(H2,12,15,19)(H,13,14,16). The van der Waals surface area contributed by atoms with E-state index in [2.05, 4.69) is 25.8 Å². The third-order valence-corrected chi connectivity index (χ3v) is 2.59. The quantitative estimate of drug-likeness (QED) is 0.505. The number of carboxylic acids is 1. The first-order valence-corrected chi connectivity index (χ1v) is 6.22. The highest BCUT2D eigenvalue weighted by Crippen LogP contribution is 1.97. The molecule has 0 saturated carbocycles. The van der Waals surface area contributed by atoms with Crippen LogP contribution in [0.15, 0.2) is 6.33 Å². The molecule has 1 rings (SSSR count). The molecule has 1 aromatic rings. The first-order valence-electron chi connectivity index (χ1n) is 6.22. The highest BCUT2D eigenvalue weighted by Gasteiger charge is 2.13. The molecule has 0 radical (unpaired) electrons. The third kappa shape index (κ3) is 6.39. The Morgan fingerprint density at radius 2 is 2.32 bits per heavy atom. The Hall–Kier alpha value is -2.12. The fourth-order valence-corrected chi connectivity index (χ4v) is 1.55. The largest absolute Gasteiger partial charge is 0.481 e. The summed E-state index contributed by atoms with van der Waals surface area (Å²) in [5.74, 6) is -0.142. The second kappa shape index (κ2) is 8.06. The molecule has 1 aromatic heterocycles. The Bertz CT molecular complexity index is 393. The number of amides is 2. The molecular formula is C11H19N5O3. The van der Waals surface area contributed by atoms with E-state index in [9.17, 15) is 9.59 Å². The van der Waals surface area contributed by atoms with Gasteiger partial charge < -0.3 is 15.7 Å². The van der Waals surface area contributed by atoms with Crippen molar-refractivity contribution in [3.63, 3.8) is 0 Å². The van der Waals surface area contributed by atoms with Gasteiger partial charge in [-0.3, -0.25) is 9.89 Å². The van der Waals surface area contributed by atoms with Crippen molar-refractivity contribution in [2.45, 2.75) is 38.6 Å². The van der Waals surface area contributed by atoms with E-state index in [0.717, 1.165) is 12.2 Å². The molecular weight excluding hydrogens is 250 g/mol. The van der Waals surface area contributed by atoms with E-state index in [4.69, 9.17) is 5.11 Å². The van der Waals surface area contributed by atoms with Gasteiger partial charge in [-0.2, -0.15) is 5.10 Å². The molecule has 0 saturated heterocycles. The molecule has 1 atom stereocenters. The van der Waals surface area contributed by atoms with Crippen LogP contribution < -0.4 is 10.6 Å². The predicted molar refractivity (Wildman–Crippen MR) is 67.6 cm³/mol. The Balaban J connectivity index is 2.14. The van der Waals surface area contributed by atoms with Crippen molar-refractivity contribution in [1.82, 2.24) is 25.8 Å². The number of carbonyl (C=O) groups is 2. The summed E-state index contributed by atoms with van der Waals surface area (Å²) in [6, 6.07) is -0.683. The van der Waals surface area contributed by atoms with E-state index in [1.54, 1.807) is 0 Å². The van der Waals surface area contributed by atoms with Gasteiger partial charge in [0, 0.05) is 19.0 Å². The first-order chi connectivity index (χ1) is 9.11. The maximum Gasteiger partial charge on any atom is 0.315 e. The van der Waals surface area contributed by atoms with Crippen molar-refractivity contribution >= 4 is 12.0 Å². The number of H-pyrrole nitrogens is 1. The number of aromatic nitrogens is 3. The Morgan fingerprint density at radius 3 is 2.89 bits per heavy atom. The molecule has 0 aliphatic carbocycles. The average Bonchev–Trinajstić information content (AvgIpc) is 2.86. The van der Waals surface area contributed by atoms with Gasteiger partial charge in [0.2, 0.25) is 0 Å². The number of nitrogens with one attached hydrogen (secondary N) is 3. The zero-order valence-corrected chi connectivity index (χ0v) is 10.8. The van der Waals surface area contributed by atoms with Crippen LogP contribution in [0.1, 0.15) is 32.0 Å². The molecule has 2 amide bonds. The van der Waals surface area contributed by atoms with Gasteiger partial charge in [-0.1, -0.05) is 6.92 Å². The van der Waals surface area contributed by atoms with Crippen LogP contribution in [0.4, 0.5) is 4.79 Å². The van der Waals surface area contributed by atoms with Gasteiger partial charge >= 0.3 is 12.0 Å². The summed E-state index contributed by atoms with van der Waals surface area (Å²) in [5.41, 5.74) is 0. The van der Waals surface area contributed by atoms with Crippen LogP contribution in [-0.2, 0) is 11.2 Å². The second-order valence-electron chi connectivity index (χ2n) is 4.14. The van der Waals surface area contributed by atoms with Crippen LogP contribution >= 0.6 is 0 Å². The molecule has 0 aliphatic heterocycles.